The number of likely N-dealkylation sites (N-methyl/N-ethyl adjacent to an activating group) is 1. The molecule has 2 saturated heterocycles. The molecule has 2 aliphatic rings. The van der Waals surface area contributed by atoms with Gasteiger partial charge in [0.15, 0.2) is 5.65 Å². The maximum Gasteiger partial charge on any atom is 0.322 e. The molecule has 48 heavy (non-hydrogen) atoms. The number of aromatic nitrogens is 4. The van der Waals surface area contributed by atoms with Gasteiger partial charge in [0.2, 0.25) is 11.9 Å². The number of fused-ring (bicyclic) bond motifs is 1. The first-order valence-electron chi connectivity index (χ1n) is 16.4. The second-order valence-electron chi connectivity index (χ2n) is 12.6. The Labute approximate surface area is 279 Å². The average molecular weight is 654 g/mol. The van der Waals surface area contributed by atoms with Crippen molar-refractivity contribution in [3.05, 3.63) is 82.0 Å². The van der Waals surface area contributed by atoms with Crippen LogP contribution >= 0.6 is 0 Å². The van der Waals surface area contributed by atoms with Gasteiger partial charge in [0.25, 0.3) is 0 Å². The topological polar surface area (TPSA) is 130 Å². The van der Waals surface area contributed by atoms with Crippen LogP contribution in [-0.4, -0.2) is 94.3 Å². The number of amides is 1. The molecule has 0 atom stereocenters. The molecule has 2 aliphatic heterocycles. The van der Waals surface area contributed by atoms with E-state index in [1.807, 2.05) is 26.0 Å². The van der Waals surface area contributed by atoms with Crippen LogP contribution in [0, 0.1) is 0 Å². The molecule has 1 amide bonds. The molecule has 6 rings (SSSR count). The van der Waals surface area contributed by atoms with Crippen molar-refractivity contribution in [2.45, 2.75) is 38.8 Å². The zero-order valence-electron chi connectivity index (χ0n) is 28.0. The predicted octanol–water partition coefficient (Wildman–Crippen LogP) is 3.62. The van der Waals surface area contributed by atoms with Crippen LogP contribution in [0.4, 0.5) is 23.0 Å². The molecular formula is C35H43N9O4. The van der Waals surface area contributed by atoms with Crippen LogP contribution in [-0.2, 0) is 4.79 Å². The number of anilines is 4. The lowest BCUT2D eigenvalue weighted by Gasteiger charge is -2.42. The number of rotatable bonds is 9. The molecule has 0 bridgehead atoms. The molecule has 2 N–H and O–H groups in total. The Kier molecular flexibility index (Phi) is 9.60. The fraction of sp³-hybridized carbons (Fsp3) is 0.400. The van der Waals surface area contributed by atoms with Gasteiger partial charge in [0, 0.05) is 68.8 Å². The van der Waals surface area contributed by atoms with E-state index in [0.717, 1.165) is 63.9 Å². The molecule has 4 heterocycles. The summed E-state index contributed by atoms with van der Waals surface area (Å²) in [6.07, 6.45) is 4.95. The van der Waals surface area contributed by atoms with Crippen molar-refractivity contribution < 1.29 is 9.53 Å². The monoisotopic (exact) mass is 653 g/mol. The lowest BCUT2D eigenvalue weighted by Crippen LogP contribution is -2.52. The van der Waals surface area contributed by atoms with E-state index in [1.54, 1.807) is 31.4 Å². The molecular weight excluding hydrogens is 610 g/mol. The lowest BCUT2D eigenvalue weighted by molar-refractivity contribution is -0.111. The molecule has 13 nitrogen and oxygen atoms in total. The van der Waals surface area contributed by atoms with E-state index in [1.165, 1.54) is 15.3 Å². The third-order valence-electron chi connectivity index (χ3n) is 9.22. The highest BCUT2D eigenvalue weighted by Crippen LogP contribution is 2.33. The van der Waals surface area contributed by atoms with E-state index in [4.69, 9.17) is 9.72 Å². The van der Waals surface area contributed by atoms with Crippen LogP contribution in [0.25, 0.3) is 16.9 Å². The molecule has 2 fully saturated rings. The number of methoxy groups -OCH3 is 1. The summed E-state index contributed by atoms with van der Waals surface area (Å²) in [6.45, 7) is 13.6. The SMILES string of the molecule is C=CC(=O)Nc1cccc(-n2c(=O)c(=O)n(C(C)C)c3cnc(Nc4ccc(N5CCC(N6CCN(C)CC6)CC5)cc4OC)nc32)c1. The molecule has 2 aromatic carbocycles. The minimum atomic E-state index is -0.772. The number of nitrogens with one attached hydrogen (secondary N) is 2. The Morgan fingerprint density at radius 3 is 2.44 bits per heavy atom. The number of piperidine rings is 1. The smallest absolute Gasteiger partial charge is 0.322 e. The summed E-state index contributed by atoms with van der Waals surface area (Å²) in [5.74, 6) is 0.454. The van der Waals surface area contributed by atoms with E-state index in [-0.39, 0.29) is 17.6 Å². The van der Waals surface area contributed by atoms with Gasteiger partial charge in [-0.05, 0) is 70.1 Å². The second kappa shape index (κ2) is 14.0. The van der Waals surface area contributed by atoms with Crippen molar-refractivity contribution in [1.82, 2.24) is 28.9 Å². The summed E-state index contributed by atoms with van der Waals surface area (Å²) in [4.78, 5) is 55.6. The number of ether oxygens (including phenoxy) is 1. The largest absolute Gasteiger partial charge is 0.494 e. The number of piperazine rings is 1. The first-order valence-corrected chi connectivity index (χ1v) is 16.4. The van der Waals surface area contributed by atoms with Gasteiger partial charge in [-0.3, -0.25) is 28.4 Å². The van der Waals surface area contributed by atoms with Crippen LogP contribution in [0.3, 0.4) is 0 Å². The summed E-state index contributed by atoms with van der Waals surface area (Å²) in [7, 11) is 3.82. The van der Waals surface area contributed by atoms with Gasteiger partial charge in [-0.2, -0.15) is 4.98 Å². The van der Waals surface area contributed by atoms with Gasteiger partial charge >= 0.3 is 11.1 Å². The predicted molar refractivity (Wildman–Crippen MR) is 189 cm³/mol. The quantitative estimate of drug-likeness (QED) is 0.204. The van der Waals surface area contributed by atoms with Crippen molar-refractivity contribution >= 4 is 40.1 Å². The fourth-order valence-corrected chi connectivity index (χ4v) is 6.61. The fourth-order valence-electron chi connectivity index (χ4n) is 6.61. The van der Waals surface area contributed by atoms with E-state index in [2.05, 4.69) is 50.0 Å². The van der Waals surface area contributed by atoms with Crippen LogP contribution in [0.2, 0.25) is 0 Å². The van der Waals surface area contributed by atoms with E-state index in [0.29, 0.717) is 34.4 Å². The van der Waals surface area contributed by atoms with Gasteiger partial charge in [-0.1, -0.05) is 12.6 Å². The minimum absolute atomic E-state index is 0.222. The number of hydrogen-bond donors (Lipinski definition) is 2. The number of nitrogens with zero attached hydrogens (tertiary/aromatic N) is 7. The summed E-state index contributed by atoms with van der Waals surface area (Å²) in [5.41, 5.74) is 1.70. The Morgan fingerprint density at radius 2 is 1.75 bits per heavy atom. The summed E-state index contributed by atoms with van der Waals surface area (Å²) in [5, 5.41) is 5.95. The summed E-state index contributed by atoms with van der Waals surface area (Å²) in [6, 6.07) is 13.0. The van der Waals surface area contributed by atoms with Gasteiger partial charge in [0.05, 0.1) is 24.7 Å². The average Bonchev–Trinajstić information content (AvgIpc) is 3.09. The van der Waals surface area contributed by atoms with Gasteiger partial charge < -0.3 is 25.2 Å². The first-order chi connectivity index (χ1) is 23.2. The highest BCUT2D eigenvalue weighted by atomic mass is 16.5. The Morgan fingerprint density at radius 1 is 1.00 bits per heavy atom. The number of carbonyl (C=O) groups is 1. The van der Waals surface area contributed by atoms with E-state index in [9.17, 15) is 14.4 Å². The van der Waals surface area contributed by atoms with Gasteiger partial charge in [0.1, 0.15) is 11.3 Å². The number of benzene rings is 2. The number of hydrogen-bond acceptors (Lipinski definition) is 10. The van der Waals surface area contributed by atoms with Crippen molar-refractivity contribution in [1.29, 1.82) is 0 Å². The molecule has 0 aliphatic carbocycles. The van der Waals surface area contributed by atoms with Crippen LogP contribution < -0.4 is 31.4 Å². The maximum atomic E-state index is 13.6. The molecule has 13 heteroatoms. The van der Waals surface area contributed by atoms with Crippen molar-refractivity contribution in [3.63, 3.8) is 0 Å². The van der Waals surface area contributed by atoms with Crippen LogP contribution in [0.1, 0.15) is 32.7 Å². The summed E-state index contributed by atoms with van der Waals surface area (Å²) >= 11 is 0. The third kappa shape index (κ3) is 6.69. The molecule has 0 unspecified atom stereocenters. The Balaban J connectivity index is 1.29. The molecule has 2 aromatic heterocycles. The molecule has 0 saturated carbocycles. The molecule has 4 aromatic rings. The molecule has 252 valence electrons. The zero-order chi connectivity index (χ0) is 33.9. The van der Waals surface area contributed by atoms with Crippen molar-refractivity contribution in [2.75, 3.05) is 69.0 Å². The maximum absolute atomic E-state index is 13.6. The Bertz CT molecular complexity index is 1940. The summed E-state index contributed by atoms with van der Waals surface area (Å²) < 4.78 is 8.44. The standard InChI is InChI=1S/C35H43N9O4/c1-6-31(45)37-24-8-7-9-27(20-24)44-32-29(43(23(2)3)33(46)34(44)47)22-36-35(39-32)38-28-11-10-26(21-30(28)48-5)41-14-12-25(13-15-41)42-18-16-40(4)17-19-42/h6-11,20-23,25H,1,12-19H2,2-5H3,(H,37,45)(H,36,38,39). The first kappa shape index (κ1) is 32.9. The molecule has 0 spiro atoms. The highest BCUT2D eigenvalue weighted by Gasteiger charge is 2.27. The van der Waals surface area contributed by atoms with Gasteiger partial charge in [-0.15, -0.1) is 0 Å². The second-order valence-corrected chi connectivity index (χ2v) is 12.6. The zero-order valence-corrected chi connectivity index (χ0v) is 28.0. The number of carbonyl (C=O) groups excluding carboxylic acids is 1. The molecule has 0 radical (unpaired) electrons. The van der Waals surface area contributed by atoms with E-state index >= 15 is 0 Å². The van der Waals surface area contributed by atoms with Gasteiger partial charge in [-0.25, -0.2) is 4.98 Å². The lowest BCUT2D eigenvalue weighted by atomic mass is 10.0. The van der Waals surface area contributed by atoms with Crippen molar-refractivity contribution in [2.24, 2.45) is 0 Å². The van der Waals surface area contributed by atoms with Crippen LogP contribution in [0.5, 0.6) is 5.75 Å². The van der Waals surface area contributed by atoms with Crippen molar-refractivity contribution in [3.8, 4) is 11.4 Å². The highest BCUT2D eigenvalue weighted by molar-refractivity contribution is 5.99. The van der Waals surface area contributed by atoms with E-state index < -0.39 is 17.0 Å². The minimum Gasteiger partial charge on any atom is -0.494 e. The van der Waals surface area contributed by atoms with Crippen LogP contribution in [0.15, 0.2) is 70.9 Å². The Hall–Kier alpha value is -5.01. The normalized spacial score (nSPS) is 16.3. The third-order valence-corrected chi connectivity index (χ3v) is 9.22.